The molecule has 0 saturated heterocycles. The number of amides is 1. The molecule has 0 fully saturated rings. The molecule has 1 N–H and O–H groups in total. The van der Waals surface area contributed by atoms with Crippen LogP contribution in [0.5, 0.6) is 0 Å². The first-order chi connectivity index (χ1) is 12.3. The molecule has 1 amide bonds. The fourth-order valence-corrected chi connectivity index (χ4v) is 2.32. The molecule has 26 heavy (non-hydrogen) atoms. The lowest BCUT2D eigenvalue weighted by atomic mass is 10.0. The van der Waals surface area contributed by atoms with Crippen LogP contribution >= 0.6 is 0 Å². The number of halogens is 1. The molecule has 0 bridgehead atoms. The second-order valence-corrected chi connectivity index (χ2v) is 6.13. The number of esters is 1. The molecule has 2 aromatic carbocycles. The molecule has 0 spiro atoms. The first-order valence-corrected chi connectivity index (χ1v) is 8.32. The van der Waals surface area contributed by atoms with Crippen molar-refractivity contribution >= 4 is 18.0 Å². The molecular weight excluding hydrogens is 333 g/mol. The quantitative estimate of drug-likeness (QED) is 0.632. The van der Waals surface area contributed by atoms with E-state index < -0.39 is 5.97 Å². The number of hydrogen-bond donors (Lipinski definition) is 1. The highest BCUT2D eigenvalue weighted by Gasteiger charge is 2.11. The summed E-state index contributed by atoms with van der Waals surface area (Å²) in [6, 6.07) is 11.5. The highest BCUT2D eigenvalue weighted by Crippen LogP contribution is 2.16. The molecule has 4 nitrogen and oxygen atoms in total. The summed E-state index contributed by atoms with van der Waals surface area (Å²) in [5.41, 5.74) is 4.00. The minimum Gasteiger partial charge on any atom is -0.452 e. The minimum absolute atomic E-state index is 0.185. The van der Waals surface area contributed by atoms with Crippen molar-refractivity contribution in [2.45, 2.75) is 26.8 Å². The average Bonchev–Trinajstić information content (AvgIpc) is 2.61. The van der Waals surface area contributed by atoms with E-state index in [-0.39, 0.29) is 24.4 Å². The van der Waals surface area contributed by atoms with Gasteiger partial charge in [-0.05, 0) is 61.2 Å². The maximum absolute atomic E-state index is 12.8. The van der Waals surface area contributed by atoms with Crippen LogP contribution in [-0.4, -0.2) is 18.5 Å². The number of aryl methyl sites for hydroxylation is 2. The molecule has 1 atom stereocenters. The van der Waals surface area contributed by atoms with E-state index in [4.69, 9.17) is 4.74 Å². The maximum atomic E-state index is 12.8. The zero-order valence-corrected chi connectivity index (χ0v) is 15.1. The van der Waals surface area contributed by atoms with Crippen LogP contribution in [0.15, 0.2) is 48.5 Å². The summed E-state index contributed by atoms with van der Waals surface area (Å²) in [6.45, 7) is 5.56. The number of hydrogen-bond acceptors (Lipinski definition) is 3. The first kappa shape index (κ1) is 19.4. The van der Waals surface area contributed by atoms with E-state index >= 15 is 0 Å². The lowest BCUT2D eigenvalue weighted by Gasteiger charge is -2.15. The Hall–Kier alpha value is -2.95. The van der Waals surface area contributed by atoms with Gasteiger partial charge in [0.1, 0.15) is 5.82 Å². The Morgan fingerprint density at radius 3 is 2.46 bits per heavy atom. The predicted octanol–water partition coefficient (Wildman–Crippen LogP) is 3.88. The van der Waals surface area contributed by atoms with Crippen molar-refractivity contribution in [2.24, 2.45) is 0 Å². The monoisotopic (exact) mass is 355 g/mol. The molecular formula is C21H22FNO3. The van der Waals surface area contributed by atoms with Gasteiger partial charge in [-0.15, -0.1) is 0 Å². The summed E-state index contributed by atoms with van der Waals surface area (Å²) in [5.74, 6) is -1.36. The van der Waals surface area contributed by atoms with Gasteiger partial charge in [0.15, 0.2) is 6.61 Å². The Morgan fingerprint density at radius 2 is 1.81 bits per heavy atom. The van der Waals surface area contributed by atoms with Gasteiger partial charge in [0, 0.05) is 6.08 Å². The van der Waals surface area contributed by atoms with Crippen molar-refractivity contribution in [3.05, 3.63) is 76.6 Å². The first-order valence-electron chi connectivity index (χ1n) is 8.32. The van der Waals surface area contributed by atoms with E-state index in [1.807, 2.05) is 39.0 Å². The van der Waals surface area contributed by atoms with Crippen molar-refractivity contribution < 1.29 is 18.7 Å². The topological polar surface area (TPSA) is 55.4 Å². The van der Waals surface area contributed by atoms with Gasteiger partial charge >= 0.3 is 5.97 Å². The summed E-state index contributed by atoms with van der Waals surface area (Å²) >= 11 is 0. The van der Waals surface area contributed by atoms with Gasteiger partial charge in [-0.3, -0.25) is 4.79 Å². The molecule has 0 radical (unpaired) electrons. The molecule has 136 valence electrons. The third-order valence-corrected chi connectivity index (χ3v) is 4.04. The van der Waals surface area contributed by atoms with E-state index in [0.717, 1.165) is 11.1 Å². The van der Waals surface area contributed by atoms with Gasteiger partial charge in [-0.2, -0.15) is 0 Å². The SMILES string of the molecule is Cc1ccc([C@@H](C)NC(=O)COC(=O)/C=C/c2ccc(F)cc2)cc1C. The normalized spacial score (nSPS) is 12.0. The summed E-state index contributed by atoms with van der Waals surface area (Å²) in [6.07, 6.45) is 2.70. The molecule has 0 aliphatic rings. The number of benzene rings is 2. The molecule has 0 saturated carbocycles. The molecule has 0 heterocycles. The van der Waals surface area contributed by atoms with Crippen LogP contribution in [-0.2, 0) is 14.3 Å². The second-order valence-electron chi connectivity index (χ2n) is 6.13. The molecule has 5 heteroatoms. The van der Waals surface area contributed by atoms with Crippen molar-refractivity contribution in [3.8, 4) is 0 Å². The molecule has 0 aliphatic carbocycles. The molecule has 2 aromatic rings. The summed E-state index contributed by atoms with van der Waals surface area (Å²) in [7, 11) is 0. The zero-order valence-electron chi connectivity index (χ0n) is 15.1. The summed E-state index contributed by atoms with van der Waals surface area (Å²) < 4.78 is 17.7. The van der Waals surface area contributed by atoms with Crippen LogP contribution < -0.4 is 5.32 Å². The van der Waals surface area contributed by atoms with E-state index in [1.54, 1.807) is 0 Å². The molecule has 2 rings (SSSR count). The molecule has 0 aromatic heterocycles. The van der Waals surface area contributed by atoms with Crippen LogP contribution in [0.4, 0.5) is 4.39 Å². The van der Waals surface area contributed by atoms with E-state index in [2.05, 4.69) is 5.32 Å². The van der Waals surface area contributed by atoms with Gasteiger partial charge in [-0.1, -0.05) is 30.3 Å². The minimum atomic E-state index is -0.636. The summed E-state index contributed by atoms with van der Waals surface area (Å²) in [4.78, 5) is 23.6. The Bertz CT molecular complexity index is 813. The summed E-state index contributed by atoms with van der Waals surface area (Å²) in [5, 5.41) is 2.80. The van der Waals surface area contributed by atoms with Crippen molar-refractivity contribution in [1.29, 1.82) is 0 Å². The fraction of sp³-hybridized carbons (Fsp3) is 0.238. The Kier molecular flexibility index (Phi) is 6.67. The number of carbonyl (C=O) groups excluding carboxylic acids is 2. The Balaban J connectivity index is 1.81. The van der Waals surface area contributed by atoms with Crippen LogP contribution in [0.2, 0.25) is 0 Å². The van der Waals surface area contributed by atoms with Gasteiger partial charge in [0.2, 0.25) is 0 Å². The van der Waals surface area contributed by atoms with Crippen LogP contribution in [0.25, 0.3) is 6.08 Å². The average molecular weight is 355 g/mol. The van der Waals surface area contributed by atoms with Crippen LogP contribution in [0.3, 0.4) is 0 Å². The third kappa shape index (κ3) is 5.84. The molecule has 0 unspecified atom stereocenters. The Morgan fingerprint density at radius 1 is 1.12 bits per heavy atom. The van der Waals surface area contributed by atoms with Gasteiger partial charge < -0.3 is 10.1 Å². The van der Waals surface area contributed by atoms with Gasteiger partial charge in [0.05, 0.1) is 6.04 Å². The zero-order chi connectivity index (χ0) is 19.1. The number of nitrogens with one attached hydrogen (secondary N) is 1. The van der Waals surface area contributed by atoms with E-state index in [1.165, 1.54) is 42.0 Å². The third-order valence-electron chi connectivity index (χ3n) is 4.04. The van der Waals surface area contributed by atoms with Crippen LogP contribution in [0.1, 0.15) is 35.2 Å². The number of carbonyl (C=O) groups is 2. The number of ether oxygens (including phenoxy) is 1. The second kappa shape index (κ2) is 8.94. The van der Waals surface area contributed by atoms with E-state index in [9.17, 15) is 14.0 Å². The van der Waals surface area contributed by atoms with Crippen molar-refractivity contribution in [2.75, 3.05) is 6.61 Å². The molecule has 0 aliphatic heterocycles. The van der Waals surface area contributed by atoms with Crippen molar-refractivity contribution in [1.82, 2.24) is 5.32 Å². The van der Waals surface area contributed by atoms with Crippen LogP contribution in [0, 0.1) is 19.7 Å². The van der Waals surface area contributed by atoms with Gasteiger partial charge in [-0.25, -0.2) is 9.18 Å². The Labute approximate surface area is 152 Å². The lowest BCUT2D eigenvalue weighted by Crippen LogP contribution is -2.31. The van der Waals surface area contributed by atoms with Crippen molar-refractivity contribution in [3.63, 3.8) is 0 Å². The smallest absolute Gasteiger partial charge is 0.331 e. The largest absolute Gasteiger partial charge is 0.452 e. The highest BCUT2D eigenvalue weighted by molar-refractivity contribution is 5.89. The number of rotatable bonds is 6. The highest BCUT2D eigenvalue weighted by atomic mass is 19.1. The fourth-order valence-electron chi connectivity index (χ4n) is 2.32. The van der Waals surface area contributed by atoms with E-state index in [0.29, 0.717) is 5.56 Å². The lowest BCUT2D eigenvalue weighted by molar-refractivity contribution is -0.144. The predicted molar refractivity (Wildman–Crippen MR) is 98.9 cm³/mol. The standard InChI is InChI=1S/C21H22FNO3/c1-14-4-8-18(12-15(14)2)16(3)23-20(24)13-26-21(25)11-7-17-5-9-19(22)10-6-17/h4-12,16H,13H2,1-3H3,(H,23,24)/b11-7+/t16-/m1/s1. The van der Waals surface area contributed by atoms with Gasteiger partial charge in [0.25, 0.3) is 5.91 Å². The maximum Gasteiger partial charge on any atom is 0.331 e.